The Morgan fingerprint density at radius 2 is 1.65 bits per heavy atom. The lowest BCUT2D eigenvalue weighted by molar-refractivity contribution is 0.0357. The first-order valence-corrected chi connectivity index (χ1v) is 11.4. The van der Waals surface area contributed by atoms with Gasteiger partial charge in [0.2, 0.25) is 5.09 Å². The molecule has 2 unspecified atom stereocenters. The van der Waals surface area contributed by atoms with E-state index in [1.165, 1.54) is 35.7 Å². The molecular formula is C19H28N2O4S. The van der Waals surface area contributed by atoms with E-state index in [0.29, 0.717) is 19.0 Å². The van der Waals surface area contributed by atoms with Gasteiger partial charge >= 0.3 is 0 Å². The lowest BCUT2D eigenvalue weighted by Crippen LogP contribution is -2.49. The maximum atomic E-state index is 13.0. The highest BCUT2D eigenvalue weighted by Crippen LogP contribution is 2.36. The van der Waals surface area contributed by atoms with Crippen LogP contribution in [0.3, 0.4) is 0 Å². The van der Waals surface area contributed by atoms with Crippen molar-refractivity contribution in [2.45, 2.75) is 68.9 Å². The molecular weight excluding hydrogens is 352 g/mol. The third kappa shape index (κ3) is 3.31. The lowest BCUT2D eigenvalue weighted by atomic mass is 9.78. The van der Waals surface area contributed by atoms with Gasteiger partial charge < -0.3 is 9.32 Å². The summed E-state index contributed by atoms with van der Waals surface area (Å²) in [5.41, 5.74) is 0. The minimum atomic E-state index is -3.63. The van der Waals surface area contributed by atoms with E-state index in [4.69, 9.17) is 4.42 Å². The molecule has 1 saturated carbocycles. The number of sulfonamides is 1. The first-order valence-electron chi connectivity index (χ1n) is 9.98. The fourth-order valence-electron chi connectivity index (χ4n) is 4.82. The molecule has 7 heteroatoms. The van der Waals surface area contributed by atoms with Crippen LogP contribution in [0.2, 0.25) is 0 Å². The zero-order valence-corrected chi connectivity index (χ0v) is 16.0. The molecule has 2 saturated heterocycles. The quantitative estimate of drug-likeness (QED) is 0.807. The number of rotatable bonds is 3. The second kappa shape index (κ2) is 7.35. The summed E-state index contributed by atoms with van der Waals surface area (Å²) >= 11 is 0. The van der Waals surface area contributed by atoms with Gasteiger partial charge in [-0.1, -0.05) is 19.3 Å². The van der Waals surface area contributed by atoms with Crippen LogP contribution >= 0.6 is 0 Å². The summed E-state index contributed by atoms with van der Waals surface area (Å²) in [5.74, 6) is 0.599. The van der Waals surface area contributed by atoms with E-state index in [1.54, 1.807) is 0 Å². The average molecular weight is 381 g/mol. The molecule has 0 radical (unpaired) electrons. The van der Waals surface area contributed by atoms with Crippen LogP contribution in [0.15, 0.2) is 21.6 Å². The molecule has 0 N–H and O–H groups in total. The maximum Gasteiger partial charge on any atom is 0.289 e. The standard InChI is InChI=1S/C19H28N2O4S/c22-19(21-14-6-8-15-7-2-3-9-16(15)21)17-10-11-18(25-17)26(23,24)20-12-4-1-5-13-20/h10-11,15-16H,1-9,12-14H2. The van der Waals surface area contributed by atoms with Crippen LogP contribution in [0.25, 0.3) is 0 Å². The highest BCUT2D eigenvalue weighted by molar-refractivity contribution is 7.89. The van der Waals surface area contributed by atoms with Crippen LogP contribution in [0.1, 0.15) is 68.3 Å². The van der Waals surface area contributed by atoms with Crippen LogP contribution in [-0.4, -0.2) is 49.2 Å². The van der Waals surface area contributed by atoms with E-state index >= 15 is 0 Å². The Balaban J connectivity index is 1.52. The minimum absolute atomic E-state index is 0.0973. The van der Waals surface area contributed by atoms with Crippen LogP contribution in [0, 0.1) is 5.92 Å². The zero-order valence-electron chi connectivity index (χ0n) is 15.2. The van der Waals surface area contributed by atoms with Crippen LogP contribution < -0.4 is 0 Å². The van der Waals surface area contributed by atoms with Crippen LogP contribution in [0.4, 0.5) is 0 Å². The number of furan rings is 1. The van der Waals surface area contributed by atoms with Gasteiger partial charge in [-0.2, -0.15) is 4.31 Å². The monoisotopic (exact) mass is 380 g/mol. The molecule has 3 fully saturated rings. The summed E-state index contributed by atoms with van der Waals surface area (Å²) in [4.78, 5) is 14.9. The third-order valence-corrected chi connectivity index (χ3v) is 7.98. The van der Waals surface area contributed by atoms with Gasteiger partial charge in [-0.05, 0) is 56.6 Å². The van der Waals surface area contributed by atoms with E-state index < -0.39 is 10.0 Å². The van der Waals surface area contributed by atoms with Gasteiger partial charge in [-0.15, -0.1) is 0 Å². The summed E-state index contributed by atoms with van der Waals surface area (Å²) in [6, 6.07) is 3.27. The van der Waals surface area contributed by atoms with Gasteiger partial charge in [0.05, 0.1) is 0 Å². The third-order valence-electron chi connectivity index (χ3n) is 6.21. The number of hydrogen-bond donors (Lipinski definition) is 0. The number of fused-ring (bicyclic) bond motifs is 1. The molecule has 1 amide bonds. The molecule has 4 rings (SSSR count). The van der Waals surface area contributed by atoms with Crippen molar-refractivity contribution in [2.75, 3.05) is 19.6 Å². The van der Waals surface area contributed by atoms with Crippen molar-refractivity contribution in [1.82, 2.24) is 9.21 Å². The molecule has 3 heterocycles. The van der Waals surface area contributed by atoms with Crippen molar-refractivity contribution in [3.63, 3.8) is 0 Å². The molecule has 0 spiro atoms. The van der Waals surface area contributed by atoms with Crippen molar-refractivity contribution in [2.24, 2.45) is 5.92 Å². The average Bonchev–Trinajstić information content (AvgIpc) is 3.19. The predicted molar refractivity (Wildman–Crippen MR) is 97.3 cm³/mol. The van der Waals surface area contributed by atoms with E-state index in [9.17, 15) is 13.2 Å². The molecule has 144 valence electrons. The summed E-state index contributed by atoms with van der Waals surface area (Å²) in [7, 11) is -3.63. The summed E-state index contributed by atoms with van der Waals surface area (Å²) in [5, 5.41) is -0.0973. The first kappa shape index (κ1) is 18.0. The van der Waals surface area contributed by atoms with E-state index in [0.717, 1.165) is 45.1 Å². The Kier molecular flexibility index (Phi) is 5.10. The number of nitrogens with zero attached hydrogens (tertiary/aromatic N) is 2. The lowest BCUT2D eigenvalue weighted by Gasteiger charge is -2.43. The van der Waals surface area contributed by atoms with Gasteiger partial charge in [0.25, 0.3) is 15.9 Å². The SMILES string of the molecule is O=C(c1ccc(S(=O)(=O)N2CCCCC2)o1)N1CCCC2CCCCC21. The van der Waals surface area contributed by atoms with Gasteiger partial charge in [0.1, 0.15) is 0 Å². The predicted octanol–water partition coefficient (Wildman–Crippen LogP) is 3.25. The summed E-state index contributed by atoms with van der Waals surface area (Å²) < 4.78 is 32.5. The number of carbonyl (C=O) groups is 1. The van der Waals surface area contributed by atoms with Gasteiger partial charge in [0.15, 0.2) is 5.76 Å². The number of piperidine rings is 2. The molecule has 26 heavy (non-hydrogen) atoms. The van der Waals surface area contributed by atoms with Crippen LogP contribution in [-0.2, 0) is 10.0 Å². The summed E-state index contributed by atoms with van der Waals surface area (Å²) in [6.07, 6.45) is 9.70. The smallest absolute Gasteiger partial charge is 0.289 e. The largest absolute Gasteiger partial charge is 0.438 e. The Hall–Kier alpha value is -1.34. The Bertz CT molecular complexity index is 749. The molecule has 1 aliphatic carbocycles. The van der Waals surface area contributed by atoms with E-state index in [-0.39, 0.29) is 22.8 Å². The van der Waals surface area contributed by atoms with Gasteiger partial charge in [0, 0.05) is 25.7 Å². The normalized spacial score (nSPS) is 27.9. The maximum absolute atomic E-state index is 13.0. The molecule has 1 aromatic rings. The van der Waals surface area contributed by atoms with Crippen LogP contribution in [0.5, 0.6) is 0 Å². The van der Waals surface area contributed by atoms with E-state index in [2.05, 4.69) is 0 Å². The topological polar surface area (TPSA) is 70.8 Å². The minimum Gasteiger partial charge on any atom is -0.438 e. The number of amides is 1. The number of likely N-dealkylation sites (tertiary alicyclic amines) is 1. The van der Waals surface area contributed by atoms with Crippen molar-refractivity contribution in [3.05, 3.63) is 17.9 Å². The molecule has 2 atom stereocenters. The van der Waals surface area contributed by atoms with E-state index in [1.807, 2.05) is 4.90 Å². The van der Waals surface area contributed by atoms with Crippen molar-refractivity contribution < 1.29 is 17.6 Å². The zero-order chi connectivity index (χ0) is 18.1. The molecule has 1 aromatic heterocycles. The molecule has 2 aliphatic heterocycles. The number of carbonyl (C=O) groups excluding carboxylic acids is 1. The molecule has 0 bridgehead atoms. The summed E-state index contributed by atoms with van der Waals surface area (Å²) in [6.45, 7) is 1.80. The van der Waals surface area contributed by atoms with Gasteiger partial charge in [-0.25, -0.2) is 8.42 Å². The number of hydrogen-bond acceptors (Lipinski definition) is 4. The molecule has 0 aromatic carbocycles. The molecule has 6 nitrogen and oxygen atoms in total. The Morgan fingerprint density at radius 1 is 0.923 bits per heavy atom. The Labute approximate surface area is 155 Å². The van der Waals surface area contributed by atoms with Crippen molar-refractivity contribution in [3.8, 4) is 0 Å². The highest BCUT2D eigenvalue weighted by Gasteiger charge is 2.37. The van der Waals surface area contributed by atoms with Crippen molar-refractivity contribution >= 4 is 15.9 Å². The second-order valence-electron chi connectivity index (χ2n) is 7.84. The second-order valence-corrected chi connectivity index (χ2v) is 9.70. The first-order chi connectivity index (χ1) is 12.6. The fourth-order valence-corrected chi connectivity index (χ4v) is 6.25. The highest BCUT2D eigenvalue weighted by atomic mass is 32.2. The van der Waals surface area contributed by atoms with Crippen molar-refractivity contribution in [1.29, 1.82) is 0 Å². The fraction of sp³-hybridized carbons (Fsp3) is 0.737. The molecule has 3 aliphatic rings. The Morgan fingerprint density at radius 3 is 2.46 bits per heavy atom. The van der Waals surface area contributed by atoms with Gasteiger partial charge in [-0.3, -0.25) is 4.79 Å².